The highest BCUT2D eigenvalue weighted by atomic mass is 127. The summed E-state index contributed by atoms with van der Waals surface area (Å²) in [6.45, 7) is 0. The van der Waals surface area contributed by atoms with Crippen LogP contribution in [0.2, 0.25) is 0 Å². The number of nitro groups is 1. The van der Waals surface area contributed by atoms with Crippen LogP contribution in [0.15, 0.2) is 24.3 Å². The Morgan fingerprint density at radius 1 is 1.35 bits per heavy atom. The van der Waals surface area contributed by atoms with E-state index in [-0.39, 0.29) is 9.26 Å². The predicted octanol–water partition coefficient (Wildman–Crippen LogP) is -1.55. The molecular formula is C8H5F3IN2O3+. The van der Waals surface area contributed by atoms with Crippen LogP contribution < -0.4 is 25.0 Å². The molecule has 92 valence electrons. The molecule has 0 heterocycles. The standard InChI is InChI=1S/C8H4F3IN2O3/c9-8(10,11)7(15)13-12-5-3-1-2-4-6(5)14(16)17/h1-4H/p+1. The van der Waals surface area contributed by atoms with Gasteiger partial charge in [-0.05, 0) is 0 Å². The first-order valence-electron chi connectivity index (χ1n) is 4.07. The molecule has 0 saturated heterocycles. The van der Waals surface area contributed by atoms with E-state index in [9.17, 15) is 28.1 Å². The molecule has 0 saturated carbocycles. The molecule has 0 spiro atoms. The second-order valence-corrected chi connectivity index (χ2v) is 4.97. The van der Waals surface area contributed by atoms with Gasteiger partial charge in [0.25, 0.3) is 3.57 Å². The number of para-hydroxylation sites is 1. The first-order valence-corrected chi connectivity index (χ1v) is 6.22. The summed E-state index contributed by atoms with van der Waals surface area (Å²) in [5.41, 5.74) is -0.289. The monoisotopic (exact) mass is 361 g/mol. The predicted molar refractivity (Wildman–Crippen MR) is 46.0 cm³/mol. The molecule has 0 aliphatic carbocycles. The number of carbonyl (C=O) groups excluding carboxylic acids is 1. The summed E-state index contributed by atoms with van der Waals surface area (Å²) in [4.78, 5) is 20.4. The van der Waals surface area contributed by atoms with E-state index in [1.165, 1.54) is 24.3 Å². The van der Waals surface area contributed by atoms with Gasteiger partial charge in [0.05, 0.1) is 4.92 Å². The van der Waals surface area contributed by atoms with Crippen molar-refractivity contribution in [3.05, 3.63) is 37.9 Å². The highest BCUT2D eigenvalue weighted by molar-refractivity contribution is 5.80. The van der Waals surface area contributed by atoms with Gasteiger partial charge in [0.15, 0.2) is 0 Å². The van der Waals surface area contributed by atoms with Crippen molar-refractivity contribution >= 4 is 11.6 Å². The zero-order chi connectivity index (χ0) is 13.1. The summed E-state index contributed by atoms with van der Waals surface area (Å²) in [6.07, 6.45) is -4.97. The Labute approximate surface area is 104 Å². The van der Waals surface area contributed by atoms with Crippen molar-refractivity contribution in [3.8, 4) is 0 Å². The molecular weight excluding hydrogens is 356 g/mol. The normalized spacial score (nSPS) is 11.0. The lowest BCUT2D eigenvalue weighted by atomic mass is 10.3. The highest BCUT2D eigenvalue weighted by Gasteiger charge is 2.43. The smallest absolute Gasteiger partial charge is 0.261 e. The number of halogens is 4. The van der Waals surface area contributed by atoms with Crippen molar-refractivity contribution in [2.45, 2.75) is 6.18 Å². The molecule has 17 heavy (non-hydrogen) atoms. The number of benzene rings is 1. The fourth-order valence-electron chi connectivity index (χ4n) is 0.827. The minimum absolute atomic E-state index is 0.119. The van der Waals surface area contributed by atoms with Crippen molar-refractivity contribution in [1.82, 2.24) is 3.53 Å². The first kappa shape index (κ1) is 13.7. The Morgan fingerprint density at radius 2 is 1.94 bits per heavy atom. The SMILES string of the molecule is O=C(N[I+]c1ccccc1[N+](=O)[O-])C(F)(F)F. The van der Waals surface area contributed by atoms with Crippen LogP contribution in [0.4, 0.5) is 18.9 Å². The van der Waals surface area contributed by atoms with Crippen LogP contribution in [-0.4, -0.2) is 17.0 Å². The average Bonchev–Trinajstić information content (AvgIpc) is 2.24. The molecule has 5 nitrogen and oxygen atoms in total. The zero-order valence-corrected chi connectivity index (χ0v) is 10.2. The van der Waals surface area contributed by atoms with Crippen LogP contribution in [0.1, 0.15) is 0 Å². The summed E-state index contributed by atoms with van der Waals surface area (Å²) in [5, 5.41) is 10.6. The number of carbonyl (C=O) groups is 1. The van der Waals surface area contributed by atoms with Crippen molar-refractivity contribution < 1.29 is 44.4 Å². The van der Waals surface area contributed by atoms with E-state index in [2.05, 4.69) is 0 Å². The van der Waals surface area contributed by atoms with E-state index in [4.69, 9.17) is 0 Å². The minimum atomic E-state index is -4.97. The van der Waals surface area contributed by atoms with Crippen LogP contribution in [-0.2, 0) is 4.79 Å². The Balaban J connectivity index is 2.77. The number of nitrogens with one attached hydrogen (secondary N) is 1. The Bertz CT molecular complexity index is 450. The molecule has 9 heteroatoms. The van der Waals surface area contributed by atoms with Crippen molar-refractivity contribution in [1.29, 1.82) is 0 Å². The second-order valence-electron chi connectivity index (χ2n) is 2.72. The van der Waals surface area contributed by atoms with E-state index in [1.54, 1.807) is 3.53 Å². The molecule has 0 radical (unpaired) electrons. The summed E-state index contributed by atoms with van der Waals surface area (Å²) in [5.74, 6) is -2.08. The maximum Gasteiger partial charge on any atom is 0.475 e. The van der Waals surface area contributed by atoms with Gasteiger partial charge in [-0.3, -0.25) is 14.9 Å². The van der Waals surface area contributed by atoms with E-state index >= 15 is 0 Å². The third kappa shape index (κ3) is 3.84. The summed E-state index contributed by atoms with van der Waals surface area (Å²) < 4.78 is 37.4. The number of rotatable bonds is 3. The van der Waals surface area contributed by atoms with Crippen LogP contribution in [0.3, 0.4) is 0 Å². The van der Waals surface area contributed by atoms with Crippen molar-refractivity contribution in [2.75, 3.05) is 0 Å². The second kappa shape index (κ2) is 5.29. The first-order chi connectivity index (χ1) is 7.82. The van der Waals surface area contributed by atoms with E-state index < -0.39 is 38.5 Å². The topological polar surface area (TPSA) is 72.2 Å². The third-order valence-electron chi connectivity index (χ3n) is 1.54. The molecule has 1 N–H and O–H groups in total. The maximum atomic E-state index is 11.9. The minimum Gasteiger partial charge on any atom is -0.261 e. The van der Waals surface area contributed by atoms with E-state index in [1.807, 2.05) is 0 Å². The van der Waals surface area contributed by atoms with Crippen LogP contribution >= 0.6 is 0 Å². The Morgan fingerprint density at radius 3 is 2.47 bits per heavy atom. The zero-order valence-electron chi connectivity index (χ0n) is 7.99. The maximum absolute atomic E-state index is 11.9. The summed E-state index contributed by atoms with van der Waals surface area (Å²) in [6, 6.07) is 5.36. The molecule has 0 atom stereocenters. The van der Waals surface area contributed by atoms with Gasteiger partial charge in [-0.25, -0.2) is 0 Å². The number of alkyl halides is 3. The molecule has 0 aliphatic heterocycles. The van der Waals surface area contributed by atoms with Gasteiger partial charge in [-0.15, -0.1) is 3.53 Å². The molecule has 1 rings (SSSR count). The molecule has 1 amide bonds. The average molecular weight is 361 g/mol. The summed E-state index contributed by atoms with van der Waals surface area (Å²) in [7, 11) is 0. The van der Waals surface area contributed by atoms with Gasteiger partial charge < -0.3 is 0 Å². The lowest BCUT2D eigenvalue weighted by Gasteiger charge is -1.98. The molecule has 1 aromatic rings. The molecule has 0 aromatic heterocycles. The number of nitro benzene ring substituents is 1. The molecule has 0 unspecified atom stereocenters. The number of nitrogens with zero attached hydrogens (tertiary/aromatic N) is 1. The fourth-order valence-corrected chi connectivity index (χ4v) is 2.71. The van der Waals surface area contributed by atoms with Gasteiger partial charge in [0, 0.05) is 12.1 Å². The van der Waals surface area contributed by atoms with Crippen molar-refractivity contribution in [3.63, 3.8) is 0 Å². The lowest BCUT2D eigenvalue weighted by Crippen LogP contribution is -3.68. The fraction of sp³-hybridized carbons (Fsp3) is 0.125. The highest BCUT2D eigenvalue weighted by Crippen LogP contribution is 2.13. The molecule has 0 aliphatic rings. The van der Waals surface area contributed by atoms with Gasteiger partial charge in [0.2, 0.25) is 0 Å². The van der Waals surface area contributed by atoms with Crippen LogP contribution in [0.25, 0.3) is 0 Å². The molecule has 0 fully saturated rings. The number of hydrogen-bond donors (Lipinski definition) is 1. The van der Waals surface area contributed by atoms with Crippen LogP contribution in [0, 0.1) is 13.7 Å². The number of hydrogen-bond acceptors (Lipinski definition) is 3. The van der Waals surface area contributed by atoms with Gasteiger partial charge in [-0.1, -0.05) is 12.1 Å². The molecule has 1 aromatic carbocycles. The number of amides is 1. The molecule has 0 bridgehead atoms. The van der Waals surface area contributed by atoms with Crippen LogP contribution in [0.5, 0.6) is 0 Å². The van der Waals surface area contributed by atoms with Gasteiger partial charge in [0.1, 0.15) is 0 Å². The van der Waals surface area contributed by atoms with E-state index in [0.29, 0.717) is 0 Å². The largest absolute Gasteiger partial charge is 0.475 e. The van der Waals surface area contributed by atoms with Gasteiger partial charge >= 0.3 is 39.2 Å². The van der Waals surface area contributed by atoms with E-state index in [0.717, 1.165) is 0 Å². The lowest BCUT2D eigenvalue weighted by molar-refractivity contribution is -0.678. The quantitative estimate of drug-likeness (QED) is 0.307. The third-order valence-corrected chi connectivity index (χ3v) is 3.79. The Kier molecular flexibility index (Phi) is 4.26. The van der Waals surface area contributed by atoms with Crippen molar-refractivity contribution in [2.24, 2.45) is 0 Å². The van der Waals surface area contributed by atoms with Gasteiger partial charge in [-0.2, -0.15) is 13.2 Å². The summed E-state index contributed by atoms with van der Waals surface area (Å²) >= 11 is -1.60. The Hall–Kier alpha value is -1.39.